The zero-order valence-corrected chi connectivity index (χ0v) is 19.4. The molecule has 3 heterocycles. The highest BCUT2D eigenvalue weighted by Gasteiger charge is 2.23. The third-order valence-electron chi connectivity index (χ3n) is 6.37. The van der Waals surface area contributed by atoms with Crippen LogP contribution in [-0.4, -0.2) is 0 Å². The monoisotopic (exact) mass is 534 g/mol. The van der Waals surface area contributed by atoms with Crippen molar-refractivity contribution in [2.24, 2.45) is 0 Å². The smallest absolute Gasteiger partial charge is 0.149 e. The number of halogens is 6. The molecule has 0 bridgehead atoms. The maximum absolute atomic E-state index is 13.9. The van der Waals surface area contributed by atoms with Gasteiger partial charge in [-0.1, -0.05) is 0 Å². The van der Waals surface area contributed by atoms with Crippen LogP contribution in [0.3, 0.4) is 0 Å². The van der Waals surface area contributed by atoms with Gasteiger partial charge in [-0.05, 0) is 54.6 Å². The van der Waals surface area contributed by atoms with Crippen LogP contribution in [0.4, 0.5) is 26.3 Å². The lowest BCUT2D eigenvalue weighted by atomic mass is 10.1. The molecule has 192 valence electrons. The van der Waals surface area contributed by atoms with Crippen molar-refractivity contribution in [2.45, 2.75) is 0 Å². The second-order valence-corrected chi connectivity index (χ2v) is 9.03. The molecular weight excluding hydrogens is 522 g/mol. The SMILES string of the molecule is Fc1cc(F)cc(-c2cc3c(o2)c2cc(-c4cc(F)cc(F)c4)oc2c2cc(-c4cc(F)cc(F)c4)oc32)c1. The fourth-order valence-electron chi connectivity index (χ4n) is 4.79. The highest BCUT2D eigenvalue weighted by Crippen LogP contribution is 2.45. The molecular formula is C30H12F6O3. The van der Waals surface area contributed by atoms with E-state index in [1.54, 1.807) is 0 Å². The standard InChI is InChI=1S/C30H12F6O3/c31-16-1-13(2-17(32)7-16)25-10-22-28(37-25)23-11-26(14-3-18(33)8-19(34)4-14)39-30(23)24-12-27(38-29(22)24)15-5-20(35)9-21(36)6-15/h1-12H. The van der Waals surface area contributed by atoms with E-state index >= 15 is 0 Å². The van der Waals surface area contributed by atoms with Crippen molar-refractivity contribution in [3.05, 3.63) is 108 Å². The van der Waals surface area contributed by atoms with Crippen LogP contribution in [0.25, 0.3) is 66.9 Å². The van der Waals surface area contributed by atoms with Crippen molar-refractivity contribution in [1.82, 2.24) is 0 Å². The second kappa shape index (κ2) is 8.29. The third kappa shape index (κ3) is 3.85. The van der Waals surface area contributed by atoms with Gasteiger partial charge < -0.3 is 13.3 Å². The molecule has 0 spiro atoms. The van der Waals surface area contributed by atoms with Gasteiger partial charge in [-0.25, -0.2) is 26.3 Å². The van der Waals surface area contributed by atoms with Crippen molar-refractivity contribution in [2.75, 3.05) is 0 Å². The van der Waals surface area contributed by atoms with Crippen molar-refractivity contribution in [1.29, 1.82) is 0 Å². The van der Waals surface area contributed by atoms with Gasteiger partial charge in [0.25, 0.3) is 0 Å². The number of hydrogen-bond acceptors (Lipinski definition) is 3. The predicted molar refractivity (Wildman–Crippen MR) is 132 cm³/mol. The first-order valence-electron chi connectivity index (χ1n) is 11.5. The van der Waals surface area contributed by atoms with Gasteiger partial charge in [0.1, 0.15) is 68.9 Å². The number of hydrogen-bond donors (Lipinski definition) is 0. The molecule has 0 N–H and O–H groups in total. The van der Waals surface area contributed by atoms with Crippen molar-refractivity contribution >= 4 is 32.9 Å². The van der Waals surface area contributed by atoms with E-state index in [4.69, 9.17) is 13.3 Å². The molecule has 9 heteroatoms. The van der Waals surface area contributed by atoms with Crippen LogP contribution >= 0.6 is 0 Å². The van der Waals surface area contributed by atoms with Crippen LogP contribution in [0.1, 0.15) is 0 Å². The zero-order chi connectivity index (χ0) is 27.0. The minimum atomic E-state index is -0.812. The number of rotatable bonds is 3. The van der Waals surface area contributed by atoms with Gasteiger partial charge in [0.2, 0.25) is 0 Å². The first kappa shape index (κ1) is 23.2. The van der Waals surface area contributed by atoms with Crippen molar-refractivity contribution in [3.63, 3.8) is 0 Å². The first-order valence-corrected chi connectivity index (χ1v) is 11.5. The van der Waals surface area contributed by atoms with E-state index in [1.165, 1.54) is 18.2 Å². The van der Waals surface area contributed by atoms with E-state index in [1.807, 2.05) is 0 Å². The maximum Gasteiger partial charge on any atom is 0.149 e. The van der Waals surface area contributed by atoms with E-state index < -0.39 is 34.9 Å². The highest BCUT2D eigenvalue weighted by molar-refractivity contribution is 6.22. The first-order chi connectivity index (χ1) is 18.7. The summed E-state index contributed by atoms with van der Waals surface area (Å²) in [6, 6.07) is 13.3. The van der Waals surface area contributed by atoms with Crippen molar-refractivity contribution in [3.8, 4) is 34.0 Å². The Kier molecular flexibility index (Phi) is 4.94. The molecule has 39 heavy (non-hydrogen) atoms. The van der Waals surface area contributed by atoms with E-state index in [0.29, 0.717) is 16.2 Å². The van der Waals surface area contributed by atoms with E-state index in [0.717, 1.165) is 54.6 Å². The predicted octanol–water partition coefficient (Wildman–Crippen LogP) is 9.76. The van der Waals surface area contributed by atoms with Crippen LogP contribution in [0, 0.1) is 34.9 Å². The van der Waals surface area contributed by atoms with Gasteiger partial charge in [0.15, 0.2) is 0 Å². The fraction of sp³-hybridized carbons (Fsp3) is 0. The van der Waals surface area contributed by atoms with Crippen LogP contribution in [0.2, 0.25) is 0 Å². The molecule has 0 amide bonds. The lowest BCUT2D eigenvalue weighted by Crippen LogP contribution is -1.82. The summed E-state index contributed by atoms with van der Waals surface area (Å²) in [6.07, 6.45) is 0. The minimum Gasteiger partial charge on any atom is -0.455 e. The van der Waals surface area contributed by atoms with Crippen molar-refractivity contribution < 1.29 is 39.6 Å². The lowest BCUT2D eigenvalue weighted by molar-refractivity contribution is 0.580. The van der Waals surface area contributed by atoms with Gasteiger partial charge in [-0.15, -0.1) is 0 Å². The molecule has 0 atom stereocenters. The molecule has 7 aromatic rings. The molecule has 0 fully saturated rings. The summed E-state index contributed by atoms with van der Waals surface area (Å²) in [5.74, 6) is -4.56. The fourth-order valence-corrected chi connectivity index (χ4v) is 4.79. The number of furan rings is 3. The Morgan fingerprint density at radius 2 is 0.538 bits per heavy atom. The molecule has 0 aliphatic heterocycles. The molecule has 0 aliphatic carbocycles. The minimum absolute atomic E-state index is 0.103. The average molecular weight is 534 g/mol. The van der Waals surface area contributed by atoms with E-state index in [-0.39, 0.29) is 50.7 Å². The Bertz CT molecular complexity index is 1700. The molecule has 0 unspecified atom stereocenters. The van der Waals surface area contributed by atoms with Crippen LogP contribution in [0.5, 0.6) is 0 Å². The Morgan fingerprint density at radius 1 is 0.308 bits per heavy atom. The summed E-state index contributed by atoms with van der Waals surface area (Å²) < 4.78 is 102. The topological polar surface area (TPSA) is 39.4 Å². The molecule has 3 nitrogen and oxygen atoms in total. The summed E-state index contributed by atoms with van der Waals surface area (Å²) in [4.78, 5) is 0. The quantitative estimate of drug-likeness (QED) is 0.212. The van der Waals surface area contributed by atoms with Crippen LogP contribution in [0.15, 0.2) is 86.0 Å². The van der Waals surface area contributed by atoms with E-state index in [9.17, 15) is 26.3 Å². The summed E-state index contributed by atoms with van der Waals surface area (Å²) >= 11 is 0. The summed E-state index contributed by atoms with van der Waals surface area (Å²) in [5.41, 5.74) is 0.945. The van der Waals surface area contributed by atoms with Gasteiger partial charge >= 0.3 is 0 Å². The zero-order valence-electron chi connectivity index (χ0n) is 19.4. The Hall–Kier alpha value is -4.92. The van der Waals surface area contributed by atoms with E-state index in [2.05, 4.69) is 0 Å². The Balaban J connectivity index is 1.55. The average Bonchev–Trinajstić information content (AvgIpc) is 3.58. The van der Waals surface area contributed by atoms with Gasteiger partial charge in [-0.2, -0.15) is 0 Å². The third-order valence-corrected chi connectivity index (χ3v) is 6.37. The Labute approximate surface area is 214 Å². The largest absolute Gasteiger partial charge is 0.455 e. The summed E-state index contributed by atoms with van der Waals surface area (Å²) in [5, 5.41) is 1.12. The lowest BCUT2D eigenvalue weighted by Gasteiger charge is -1.97. The normalized spacial score (nSPS) is 11.8. The summed E-state index contributed by atoms with van der Waals surface area (Å²) in [7, 11) is 0. The van der Waals surface area contributed by atoms with Crippen LogP contribution in [-0.2, 0) is 0 Å². The summed E-state index contributed by atoms with van der Waals surface area (Å²) in [6.45, 7) is 0. The molecule has 3 aromatic heterocycles. The molecule has 0 radical (unpaired) electrons. The maximum atomic E-state index is 13.9. The molecule has 0 saturated carbocycles. The molecule has 4 aromatic carbocycles. The van der Waals surface area contributed by atoms with Crippen LogP contribution < -0.4 is 0 Å². The van der Waals surface area contributed by atoms with Gasteiger partial charge in [0, 0.05) is 34.9 Å². The molecule has 0 saturated heterocycles. The number of fused-ring (bicyclic) bond motifs is 6. The van der Waals surface area contributed by atoms with Gasteiger partial charge in [0.05, 0.1) is 16.2 Å². The Morgan fingerprint density at radius 3 is 0.769 bits per heavy atom. The molecule has 7 rings (SSSR count). The second-order valence-electron chi connectivity index (χ2n) is 9.03. The highest BCUT2D eigenvalue weighted by atomic mass is 19.2. The number of benzene rings is 4. The molecule has 0 aliphatic rings. The van der Waals surface area contributed by atoms with Gasteiger partial charge in [-0.3, -0.25) is 0 Å².